The van der Waals surface area contributed by atoms with E-state index < -0.39 is 0 Å². The van der Waals surface area contributed by atoms with Crippen molar-refractivity contribution in [3.8, 4) is 0 Å². The third-order valence-electron chi connectivity index (χ3n) is 3.25. The lowest BCUT2D eigenvalue weighted by atomic mass is 10.2. The molecule has 0 unspecified atom stereocenters. The van der Waals surface area contributed by atoms with Gasteiger partial charge in [0.05, 0.1) is 15.8 Å². The lowest BCUT2D eigenvalue weighted by Gasteiger charge is -1.99. The highest BCUT2D eigenvalue weighted by atomic mass is 35.5. The van der Waals surface area contributed by atoms with E-state index in [-0.39, 0.29) is 5.91 Å². The van der Waals surface area contributed by atoms with Crippen molar-refractivity contribution in [2.45, 2.75) is 20.8 Å². The van der Waals surface area contributed by atoms with Gasteiger partial charge in [0.1, 0.15) is 11.5 Å². The van der Waals surface area contributed by atoms with Gasteiger partial charge in [-0.15, -0.1) is 0 Å². The number of nitrogens with zero attached hydrogens (tertiary/aromatic N) is 1. The minimum absolute atomic E-state index is 0.216. The first kappa shape index (κ1) is 14.1. The Morgan fingerprint density at radius 2 is 2.10 bits per heavy atom. The van der Waals surface area contributed by atoms with Crippen molar-refractivity contribution in [3.05, 3.63) is 45.9 Å². The van der Waals surface area contributed by atoms with Crippen molar-refractivity contribution in [1.29, 1.82) is 0 Å². The molecule has 3 rings (SSSR count). The summed E-state index contributed by atoms with van der Waals surface area (Å²) in [4.78, 5) is 16.7. The summed E-state index contributed by atoms with van der Waals surface area (Å²) in [7, 11) is 0. The van der Waals surface area contributed by atoms with E-state index in [2.05, 4.69) is 10.3 Å². The number of hydrogen-bond donors (Lipinski definition) is 1. The number of benzene rings is 1. The summed E-state index contributed by atoms with van der Waals surface area (Å²) in [6.45, 7) is 5.50. The van der Waals surface area contributed by atoms with E-state index in [1.807, 2.05) is 26.0 Å². The molecule has 1 amide bonds. The van der Waals surface area contributed by atoms with Crippen LogP contribution in [0, 0.1) is 20.8 Å². The number of aryl methyl sites for hydroxylation is 3. The molecule has 0 aliphatic rings. The van der Waals surface area contributed by atoms with Crippen molar-refractivity contribution in [1.82, 2.24) is 4.98 Å². The molecule has 3 aromatic rings. The van der Waals surface area contributed by atoms with Gasteiger partial charge in [0.25, 0.3) is 5.91 Å². The maximum Gasteiger partial charge on any atom is 0.260 e. The maximum atomic E-state index is 12.2. The second-order valence-electron chi connectivity index (χ2n) is 4.82. The number of anilines is 1. The predicted octanol–water partition coefficient (Wildman–Crippen LogP) is 4.72. The SMILES string of the molecule is Cc1cc(C(=O)Nc2nc3c(C)c(Cl)ccc3s2)c(C)o1. The van der Waals surface area contributed by atoms with Gasteiger partial charge in [-0.1, -0.05) is 22.9 Å². The summed E-state index contributed by atoms with van der Waals surface area (Å²) in [5.74, 6) is 1.10. The normalized spacial score (nSPS) is 11.0. The van der Waals surface area contributed by atoms with E-state index in [0.29, 0.717) is 27.2 Å². The summed E-state index contributed by atoms with van der Waals surface area (Å²) in [6, 6.07) is 5.47. The molecule has 0 bridgehead atoms. The van der Waals surface area contributed by atoms with Crippen LogP contribution in [0.3, 0.4) is 0 Å². The molecule has 0 atom stereocenters. The highest BCUT2D eigenvalue weighted by Gasteiger charge is 2.16. The molecule has 0 fully saturated rings. The number of thiazole rings is 1. The summed E-state index contributed by atoms with van der Waals surface area (Å²) in [5, 5.41) is 4.04. The van der Waals surface area contributed by atoms with E-state index in [1.165, 1.54) is 11.3 Å². The minimum atomic E-state index is -0.216. The van der Waals surface area contributed by atoms with Crippen LogP contribution in [0.2, 0.25) is 5.02 Å². The molecule has 0 saturated carbocycles. The van der Waals surface area contributed by atoms with Gasteiger partial charge in [-0.3, -0.25) is 10.1 Å². The van der Waals surface area contributed by atoms with Crippen LogP contribution in [0.4, 0.5) is 5.13 Å². The number of rotatable bonds is 2. The number of hydrogen-bond acceptors (Lipinski definition) is 4. The van der Waals surface area contributed by atoms with Gasteiger partial charge >= 0.3 is 0 Å². The van der Waals surface area contributed by atoms with Gasteiger partial charge in [-0.2, -0.15) is 0 Å². The molecule has 6 heteroatoms. The predicted molar refractivity (Wildman–Crippen MR) is 85.5 cm³/mol. The average molecular weight is 321 g/mol. The van der Waals surface area contributed by atoms with Crippen LogP contribution >= 0.6 is 22.9 Å². The number of carbonyl (C=O) groups excluding carboxylic acids is 1. The summed E-state index contributed by atoms with van der Waals surface area (Å²) in [5.41, 5.74) is 2.27. The summed E-state index contributed by atoms with van der Waals surface area (Å²) >= 11 is 7.51. The van der Waals surface area contributed by atoms with E-state index in [1.54, 1.807) is 13.0 Å². The van der Waals surface area contributed by atoms with Gasteiger partial charge in [0.2, 0.25) is 0 Å². The Labute approximate surface area is 130 Å². The van der Waals surface area contributed by atoms with Crippen molar-refractivity contribution >= 4 is 44.2 Å². The quantitative estimate of drug-likeness (QED) is 0.743. The molecule has 0 aliphatic heterocycles. The molecule has 0 aliphatic carbocycles. The third-order valence-corrected chi connectivity index (χ3v) is 4.60. The monoisotopic (exact) mass is 320 g/mol. The van der Waals surface area contributed by atoms with Crippen molar-refractivity contribution in [2.75, 3.05) is 5.32 Å². The molecule has 2 aromatic heterocycles. The number of amides is 1. The molecule has 1 N–H and O–H groups in total. The van der Waals surface area contributed by atoms with Crippen LogP contribution in [-0.2, 0) is 0 Å². The molecule has 108 valence electrons. The highest BCUT2D eigenvalue weighted by Crippen LogP contribution is 2.32. The first-order chi connectivity index (χ1) is 9.95. The van der Waals surface area contributed by atoms with Crippen molar-refractivity contribution < 1.29 is 9.21 Å². The Morgan fingerprint density at radius 1 is 1.33 bits per heavy atom. The molecule has 2 heterocycles. The Bertz CT molecular complexity index is 851. The van der Waals surface area contributed by atoms with Crippen molar-refractivity contribution in [3.63, 3.8) is 0 Å². The lowest BCUT2D eigenvalue weighted by Crippen LogP contribution is -2.11. The average Bonchev–Trinajstić information content (AvgIpc) is 2.97. The van der Waals surface area contributed by atoms with Crippen LogP contribution in [0.15, 0.2) is 22.6 Å². The smallest absolute Gasteiger partial charge is 0.260 e. The summed E-state index contributed by atoms with van der Waals surface area (Å²) in [6.07, 6.45) is 0. The number of aromatic nitrogens is 1. The number of nitrogens with one attached hydrogen (secondary N) is 1. The van der Waals surface area contributed by atoms with Crippen LogP contribution in [0.5, 0.6) is 0 Å². The Balaban J connectivity index is 1.93. The molecule has 0 spiro atoms. The fraction of sp³-hybridized carbons (Fsp3) is 0.200. The van der Waals surface area contributed by atoms with Crippen LogP contribution in [0.1, 0.15) is 27.4 Å². The molecular weight excluding hydrogens is 308 g/mol. The van der Waals surface area contributed by atoms with Gasteiger partial charge in [0.15, 0.2) is 5.13 Å². The lowest BCUT2D eigenvalue weighted by molar-refractivity contribution is 0.102. The van der Waals surface area contributed by atoms with Gasteiger partial charge in [0, 0.05) is 5.02 Å². The number of halogens is 1. The molecule has 0 radical (unpaired) electrons. The zero-order valence-electron chi connectivity index (χ0n) is 11.8. The van der Waals surface area contributed by atoms with E-state index in [4.69, 9.17) is 16.0 Å². The van der Waals surface area contributed by atoms with Crippen molar-refractivity contribution in [2.24, 2.45) is 0 Å². The zero-order chi connectivity index (χ0) is 15.1. The number of furan rings is 1. The standard InChI is InChI=1S/C15H13ClN2O2S/c1-7-6-10(9(3)20-7)14(19)18-15-17-13-8(2)11(16)4-5-12(13)21-15/h4-6H,1-3H3,(H,17,18,19). The van der Waals surface area contributed by atoms with Gasteiger partial charge in [-0.25, -0.2) is 4.98 Å². The van der Waals surface area contributed by atoms with Crippen LogP contribution in [0.25, 0.3) is 10.2 Å². The molecule has 21 heavy (non-hydrogen) atoms. The first-order valence-electron chi connectivity index (χ1n) is 6.39. The van der Waals surface area contributed by atoms with Crippen LogP contribution < -0.4 is 5.32 Å². The Kier molecular flexibility index (Phi) is 3.47. The molecule has 0 saturated heterocycles. The minimum Gasteiger partial charge on any atom is -0.466 e. The summed E-state index contributed by atoms with van der Waals surface area (Å²) < 4.78 is 6.36. The molecular formula is C15H13ClN2O2S. The van der Waals surface area contributed by atoms with Gasteiger partial charge in [-0.05, 0) is 44.5 Å². The zero-order valence-corrected chi connectivity index (χ0v) is 13.4. The Morgan fingerprint density at radius 3 is 2.76 bits per heavy atom. The van der Waals surface area contributed by atoms with Gasteiger partial charge < -0.3 is 4.42 Å². The second kappa shape index (κ2) is 5.16. The fourth-order valence-corrected chi connectivity index (χ4v) is 3.25. The molecule has 1 aromatic carbocycles. The first-order valence-corrected chi connectivity index (χ1v) is 7.59. The fourth-order valence-electron chi connectivity index (χ4n) is 2.17. The van der Waals surface area contributed by atoms with E-state index in [0.717, 1.165) is 15.8 Å². The highest BCUT2D eigenvalue weighted by molar-refractivity contribution is 7.22. The third kappa shape index (κ3) is 2.54. The largest absolute Gasteiger partial charge is 0.466 e. The van der Waals surface area contributed by atoms with E-state index in [9.17, 15) is 4.79 Å². The second-order valence-corrected chi connectivity index (χ2v) is 6.26. The topological polar surface area (TPSA) is 55.1 Å². The molecule has 4 nitrogen and oxygen atoms in total. The number of fused-ring (bicyclic) bond motifs is 1. The Hall–Kier alpha value is -1.85. The van der Waals surface area contributed by atoms with Crippen LogP contribution in [-0.4, -0.2) is 10.9 Å². The number of carbonyl (C=O) groups is 1. The van der Waals surface area contributed by atoms with E-state index >= 15 is 0 Å². The maximum absolute atomic E-state index is 12.2.